The number of nitrogens with zero attached hydrogens (tertiary/aromatic N) is 5. The quantitative estimate of drug-likeness (QED) is 0.407. The molecule has 2 N–H and O–H groups in total. The lowest BCUT2D eigenvalue weighted by molar-refractivity contribution is -0.115. The summed E-state index contributed by atoms with van der Waals surface area (Å²) in [6.07, 6.45) is 1.52. The molecule has 0 aliphatic carbocycles. The van der Waals surface area contributed by atoms with Crippen LogP contribution < -0.4 is 10.9 Å². The lowest BCUT2D eigenvalue weighted by atomic mass is 10.1. The van der Waals surface area contributed by atoms with Crippen LogP contribution in [0.1, 0.15) is 22.4 Å². The van der Waals surface area contributed by atoms with Crippen molar-refractivity contribution in [1.82, 2.24) is 29.5 Å². The van der Waals surface area contributed by atoms with Crippen LogP contribution in [0.4, 0.5) is 10.2 Å². The highest BCUT2D eigenvalue weighted by molar-refractivity contribution is 5.91. The number of carbonyl (C=O) groups excluding carboxylic acids is 1. The zero-order valence-corrected chi connectivity index (χ0v) is 19.3. The van der Waals surface area contributed by atoms with Crippen LogP contribution in [-0.4, -0.2) is 35.4 Å². The molecule has 0 atom stereocenters. The second kappa shape index (κ2) is 8.64. The minimum Gasteiger partial charge on any atom is -0.310 e. The number of amides is 1. The first-order chi connectivity index (χ1) is 16.8. The normalized spacial score (nSPS) is 11.2. The molecule has 3 heterocycles. The number of aryl methyl sites for hydroxylation is 3. The first-order valence-electron chi connectivity index (χ1n) is 11.0. The highest BCUT2D eigenvalue weighted by Gasteiger charge is 2.17. The van der Waals surface area contributed by atoms with Gasteiger partial charge in [0.15, 0.2) is 5.65 Å². The summed E-state index contributed by atoms with van der Waals surface area (Å²) in [6.45, 7) is 5.74. The molecule has 0 aliphatic rings. The van der Waals surface area contributed by atoms with E-state index in [4.69, 9.17) is 0 Å². The van der Waals surface area contributed by atoms with Crippen LogP contribution in [0.25, 0.3) is 22.7 Å². The van der Waals surface area contributed by atoms with Gasteiger partial charge in [-0.2, -0.15) is 19.9 Å². The maximum absolute atomic E-state index is 13.2. The first kappa shape index (κ1) is 22.2. The molecule has 2 aromatic carbocycles. The molecule has 10 heteroatoms. The molecule has 3 aromatic heterocycles. The number of benzene rings is 2. The number of H-pyrrole nitrogens is 1. The van der Waals surface area contributed by atoms with Gasteiger partial charge in [-0.25, -0.2) is 9.07 Å². The molecule has 35 heavy (non-hydrogen) atoms. The van der Waals surface area contributed by atoms with E-state index in [9.17, 15) is 14.0 Å². The number of rotatable bonds is 5. The van der Waals surface area contributed by atoms with Crippen LogP contribution >= 0.6 is 0 Å². The molecular formula is C25H22FN7O2. The number of carbonyl (C=O) groups is 1. The molecule has 0 radical (unpaired) electrons. The van der Waals surface area contributed by atoms with E-state index in [1.165, 1.54) is 23.0 Å². The fourth-order valence-electron chi connectivity index (χ4n) is 3.95. The summed E-state index contributed by atoms with van der Waals surface area (Å²) in [6, 6.07) is 13.3. The second-order valence-electron chi connectivity index (χ2n) is 8.41. The van der Waals surface area contributed by atoms with E-state index in [2.05, 4.69) is 25.5 Å². The van der Waals surface area contributed by atoms with Crippen LogP contribution in [0.5, 0.6) is 0 Å². The minimum absolute atomic E-state index is 0.0486. The molecule has 0 saturated carbocycles. The van der Waals surface area contributed by atoms with Crippen molar-refractivity contribution in [1.29, 1.82) is 0 Å². The Morgan fingerprint density at radius 2 is 1.83 bits per heavy atom. The number of fused-ring (bicyclic) bond motifs is 1. The number of hydrogen-bond acceptors (Lipinski definition) is 5. The Bertz CT molecular complexity index is 1630. The Labute approximate surface area is 199 Å². The number of anilines is 1. The average molecular weight is 471 g/mol. The number of aromatic amines is 1. The number of hydrogen-bond donors (Lipinski definition) is 2. The topological polar surface area (TPSA) is 110 Å². The maximum Gasteiger partial charge on any atom is 0.263 e. The Kier molecular flexibility index (Phi) is 5.48. The van der Waals surface area contributed by atoms with Gasteiger partial charge in [-0.3, -0.25) is 14.6 Å². The molecule has 0 spiro atoms. The summed E-state index contributed by atoms with van der Waals surface area (Å²) in [5.41, 5.74) is 4.18. The molecule has 0 bridgehead atoms. The largest absolute Gasteiger partial charge is 0.310 e. The monoisotopic (exact) mass is 471 g/mol. The number of halogens is 1. The van der Waals surface area contributed by atoms with Gasteiger partial charge in [0, 0.05) is 6.07 Å². The smallest absolute Gasteiger partial charge is 0.263 e. The fourth-order valence-corrected chi connectivity index (χ4v) is 3.95. The van der Waals surface area contributed by atoms with Gasteiger partial charge < -0.3 is 5.32 Å². The van der Waals surface area contributed by atoms with Gasteiger partial charge in [0.25, 0.3) is 5.56 Å². The van der Waals surface area contributed by atoms with Crippen molar-refractivity contribution >= 4 is 22.8 Å². The molecule has 0 unspecified atom stereocenters. The lowest BCUT2D eigenvalue weighted by Gasteiger charge is -2.10. The van der Waals surface area contributed by atoms with Gasteiger partial charge >= 0.3 is 0 Å². The van der Waals surface area contributed by atoms with Gasteiger partial charge in [-0.05, 0) is 50.1 Å². The Balaban J connectivity index is 1.53. The molecular weight excluding hydrogens is 449 g/mol. The van der Waals surface area contributed by atoms with E-state index in [1.807, 2.05) is 32.0 Å². The van der Waals surface area contributed by atoms with Crippen LogP contribution in [0.15, 0.2) is 59.5 Å². The van der Waals surface area contributed by atoms with Crippen molar-refractivity contribution < 1.29 is 9.18 Å². The number of nitrogens with one attached hydrogen (secondary N) is 2. The fraction of sp³-hybridized carbons (Fsp3) is 0.160. The van der Waals surface area contributed by atoms with E-state index < -0.39 is 0 Å². The second-order valence-corrected chi connectivity index (χ2v) is 8.41. The molecule has 0 saturated heterocycles. The Hall–Kier alpha value is -4.60. The summed E-state index contributed by atoms with van der Waals surface area (Å²) < 4.78 is 16.1. The van der Waals surface area contributed by atoms with Crippen molar-refractivity contribution in [2.75, 3.05) is 5.32 Å². The summed E-state index contributed by atoms with van der Waals surface area (Å²) >= 11 is 0. The predicted molar refractivity (Wildman–Crippen MR) is 130 cm³/mol. The maximum atomic E-state index is 13.2. The SMILES string of the molecule is Cc1ccc(-n2ncc3c(=O)[nH]c(-n4nc(C)cc4NC(=O)Cc4ccc(F)cc4)nc32)c(C)c1. The van der Waals surface area contributed by atoms with E-state index in [0.29, 0.717) is 28.1 Å². The third-order valence-corrected chi connectivity index (χ3v) is 5.58. The molecule has 176 valence electrons. The van der Waals surface area contributed by atoms with E-state index in [0.717, 1.165) is 16.8 Å². The van der Waals surface area contributed by atoms with Gasteiger partial charge in [-0.15, -0.1) is 0 Å². The van der Waals surface area contributed by atoms with Crippen molar-refractivity contribution in [3.05, 3.63) is 93.3 Å². The molecule has 0 fully saturated rings. The van der Waals surface area contributed by atoms with Gasteiger partial charge in [0.1, 0.15) is 17.0 Å². The zero-order chi connectivity index (χ0) is 24.7. The lowest BCUT2D eigenvalue weighted by Crippen LogP contribution is -2.20. The van der Waals surface area contributed by atoms with Crippen molar-refractivity contribution in [2.24, 2.45) is 0 Å². The van der Waals surface area contributed by atoms with Crippen LogP contribution in [0.3, 0.4) is 0 Å². The summed E-state index contributed by atoms with van der Waals surface area (Å²) in [7, 11) is 0. The standard InChI is InChI=1S/C25H22FN7O2/c1-14-4-9-20(15(2)10-14)32-23-19(13-27-32)24(35)30-25(29-23)33-21(11-16(3)31-33)28-22(34)12-17-5-7-18(26)8-6-17/h4-11,13H,12H2,1-3H3,(H,28,34)(H,29,30,35). The third kappa shape index (κ3) is 4.33. The third-order valence-electron chi connectivity index (χ3n) is 5.58. The molecule has 9 nitrogen and oxygen atoms in total. The van der Waals surface area contributed by atoms with Gasteiger partial charge in [0.2, 0.25) is 11.9 Å². The van der Waals surface area contributed by atoms with E-state index >= 15 is 0 Å². The first-order valence-corrected chi connectivity index (χ1v) is 11.0. The van der Waals surface area contributed by atoms with Crippen LogP contribution in [-0.2, 0) is 11.2 Å². The van der Waals surface area contributed by atoms with Crippen molar-refractivity contribution in [3.63, 3.8) is 0 Å². The molecule has 5 aromatic rings. The number of aromatic nitrogens is 6. The van der Waals surface area contributed by atoms with Crippen LogP contribution in [0, 0.1) is 26.6 Å². The Morgan fingerprint density at radius 1 is 1.06 bits per heavy atom. The van der Waals surface area contributed by atoms with Gasteiger partial charge in [-0.1, -0.05) is 29.8 Å². The van der Waals surface area contributed by atoms with Crippen molar-refractivity contribution in [3.8, 4) is 11.6 Å². The van der Waals surface area contributed by atoms with E-state index in [1.54, 1.807) is 29.8 Å². The average Bonchev–Trinajstić information content (AvgIpc) is 3.39. The molecule has 1 amide bonds. The summed E-state index contributed by atoms with van der Waals surface area (Å²) in [4.78, 5) is 32.9. The minimum atomic E-state index is -0.377. The summed E-state index contributed by atoms with van der Waals surface area (Å²) in [5, 5.41) is 11.9. The Morgan fingerprint density at radius 3 is 2.57 bits per heavy atom. The molecule has 0 aliphatic heterocycles. The zero-order valence-electron chi connectivity index (χ0n) is 19.3. The van der Waals surface area contributed by atoms with Crippen LogP contribution in [0.2, 0.25) is 0 Å². The van der Waals surface area contributed by atoms with Crippen molar-refractivity contribution in [2.45, 2.75) is 27.2 Å². The highest BCUT2D eigenvalue weighted by Crippen LogP contribution is 2.21. The van der Waals surface area contributed by atoms with Gasteiger partial charge in [0.05, 0.1) is 24.0 Å². The van der Waals surface area contributed by atoms with E-state index in [-0.39, 0.29) is 29.7 Å². The highest BCUT2D eigenvalue weighted by atomic mass is 19.1. The summed E-state index contributed by atoms with van der Waals surface area (Å²) in [5.74, 6) is -0.205. The molecule has 5 rings (SSSR count). The predicted octanol–water partition coefficient (Wildman–Crippen LogP) is 3.54.